The molecular weight excluding hydrogens is 374 g/mol. The summed E-state index contributed by atoms with van der Waals surface area (Å²) in [6, 6.07) is 27.4. The predicted molar refractivity (Wildman–Crippen MR) is 118 cm³/mol. The molecule has 30 heavy (non-hydrogen) atoms. The molecule has 0 aliphatic carbocycles. The van der Waals surface area contributed by atoms with E-state index < -0.39 is 0 Å². The van der Waals surface area contributed by atoms with Crippen molar-refractivity contribution in [3.63, 3.8) is 0 Å². The van der Waals surface area contributed by atoms with Crippen LogP contribution in [-0.2, 0) is 18.4 Å². The van der Waals surface area contributed by atoms with E-state index in [4.69, 9.17) is 0 Å². The average molecular weight is 397 g/mol. The van der Waals surface area contributed by atoms with Crippen molar-refractivity contribution in [2.24, 2.45) is 7.05 Å². The van der Waals surface area contributed by atoms with Gasteiger partial charge in [0.1, 0.15) is 0 Å². The molecule has 0 aliphatic heterocycles. The molecule has 0 unspecified atom stereocenters. The van der Waals surface area contributed by atoms with Gasteiger partial charge in [0.15, 0.2) is 0 Å². The number of benzene rings is 3. The fourth-order valence-corrected chi connectivity index (χ4v) is 3.75. The molecule has 3 aromatic carbocycles. The third kappa shape index (κ3) is 4.15. The van der Waals surface area contributed by atoms with Gasteiger partial charge in [-0.25, -0.2) is 4.68 Å². The second-order valence-electron chi connectivity index (χ2n) is 7.28. The third-order valence-corrected chi connectivity index (χ3v) is 5.28. The van der Waals surface area contributed by atoms with Gasteiger partial charge in [-0.3, -0.25) is 9.59 Å². The molecule has 0 atom stereocenters. The Labute approximate surface area is 175 Å². The Morgan fingerprint density at radius 2 is 1.40 bits per heavy atom. The van der Waals surface area contributed by atoms with Crippen LogP contribution in [0, 0.1) is 0 Å². The van der Waals surface area contributed by atoms with Crippen LogP contribution in [0.2, 0.25) is 0 Å². The van der Waals surface area contributed by atoms with E-state index in [2.05, 4.69) is 10.4 Å². The molecule has 4 rings (SSSR count). The summed E-state index contributed by atoms with van der Waals surface area (Å²) in [5.41, 5.74) is 2.74. The van der Waals surface area contributed by atoms with E-state index >= 15 is 0 Å². The normalized spacial score (nSPS) is 11.0. The zero-order chi connectivity index (χ0) is 20.9. The summed E-state index contributed by atoms with van der Waals surface area (Å²) in [5.74, 6) is -0.0929. The van der Waals surface area contributed by atoms with E-state index in [0.717, 1.165) is 16.5 Å². The molecule has 0 saturated heterocycles. The van der Waals surface area contributed by atoms with Crippen LogP contribution in [0.4, 0.5) is 0 Å². The van der Waals surface area contributed by atoms with E-state index in [-0.39, 0.29) is 23.9 Å². The maximum Gasteiger partial charge on any atom is 0.274 e. The SMILES string of the molecule is Cn1nc(CNC(=O)CC(c2ccccc2)c2ccccc2)c2ccccc2c1=O. The number of aromatic nitrogens is 2. The number of hydrogen-bond acceptors (Lipinski definition) is 3. The summed E-state index contributed by atoms with van der Waals surface area (Å²) in [4.78, 5) is 25.1. The standard InChI is InChI=1S/C25H23N3O2/c1-28-25(30)21-15-9-8-14-20(21)23(27-28)17-26-24(29)16-22(18-10-4-2-5-11-18)19-12-6-3-7-13-19/h2-15,22H,16-17H2,1H3,(H,26,29). The molecule has 0 radical (unpaired) electrons. The first-order chi connectivity index (χ1) is 14.6. The molecule has 0 saturated carbocycles. The van der Waals surface area contributed by atoms with Crippen LogP contribution >= 0.6 is 0 Å². The van der Waals surface area contributed by atoms with Gasteiger partial charge in [0, 0.05) is 24.8 Å². The number of carbonyl (C=O) groups is 1. The first kappa shape index (κ1) is 19.6. The number of hydrogen-bond donors (Lipinski definition) is 1. The van der Waals surface area contributed by atoms with Gasteiger partial charge in [-0.15, -0.1) is 0 Å². The van der Waals surface area contributed by atoms with Gasteiger partial charge >= 0.3 is 0 Å². The van der Waals surface area contributed by atoms with Crippen LogP contribution < -0.4 is 10.9 Å². The van der Waals surface area contributed by atoms with Gasteiger partial charge in [-0.2, -0.15) is 5.10 Å². The molecule has 1 amide bonds. The highest BCUT2D eigenvalue weighted by atomic mass is 16.1. The molecule has 150 valence electrons. The van der Waals surface area contributed by atoms with E-state index in [1.165, 1.54) is 4.68 Å². The van der Waals surface area contributed by atoms with E-state index in [9.17, 15) is 9.59 Å². The molecule has 0 spiro atoms. The number of nitrogens with zero attached hydrogens (tertiary/aromatic N) is 2. The van der Waals surface area contributed by atoms with Gasteiger partial charge in [0.05, 0.1) is 17.6 Å². The second-order valence-corrected chi connectivity index (χ2v) is 7.28. The molecule has 4 aromatic rings. The number of amides is 1. The summed E-state index contributed by atoms with van der Waals surface area (Å²) in [6.45, 7) is 0.268. The van der Waals surface area contributed by atoms with Crippen molar-refractivity contribution in [2.75, 3.05) is 0 Å². The van der Waals surface area contributed by atoms with Crippen molar-refractivity contribution >= 4 is 16.7 Å². The molecule has 0 fully saturated rings. The van der Waals surface area contributed by atoms with Crippen LogP contribution in [0.1, 0.15) is 29.2 Å². The molecular formula is C25H23N3O2. The van der Waals surface area contributed by atoms with Crippen molar-refractivity contribution in [3.05, 3.63) is 112 Å². The maximum absolute atomic E-state index is 12.9. The summed E-state index contributed by atoms with van der Waals surface area (Å²) < 4.78 is 1.32. The molecule has 5 heteroatoms. The average Bonchev–Trinajstić information content (AvgIpc) is 2.80. The zero-order valence-corrected chi connectivity index (χ0v) is 16.8. The topological polar surface area (TPSA) is 64.0 Å². The smallest absolute Gasteiger partial charge is 0.274 e. The fraction of sp³-hybridized carbons (Fsp3) is 0.160. The highest BCUT2D eigenvalue weighted by Gasteiger charge is 2.18. The van der Waals surface area contributed by atoms with Crippen LogP contribution in [-0.4, -0.2) is 15.7 Å². The lowest BCUT2D eigenvalue weighted by molar-refractivity contribution is -0.121. The Morgan fingerprint density at radius 1 is 0.867 bits per heavy atom. The van der Waals surface area contributed by atoms with Crippen LogP contribution in [0.5, 0.6) is 0 Å². The van der Waals surface area contributed by atoms with E-state index in [1.807, 2.05) is 78.9 Å². The molecule has 0 bridgehead atoms. The van der Waals surface area contributed by atoms with Gasteiger partial charge in [0.2, 0.25) is 5.91 Å². The minimum absolute atomic E-state index is 0.0303. The van der Waals surface area contributed by atoms with E-state index in [0.29, 0.717) is 17.5 Å². The van der Waals surface area contributed by atoms with Crippen LogP contribution in [0.3, 0.4) is 0 Å². The molecule has 1 N–H and O–H groups in total. The molecule has 1 aromatic heterocycles. The minimum atomic E-state index is -0.145. The van der Waals surface area contributed by atoms with Crippen molar-refractivity contribution in [1.29, 1.82) is 0 Å². The summed E-state index contributed by atoms with van der Waals surface area (Å²) in [6.07, 6.45) is 0.331. The molecule has 1 heterocycles. The molecule has 5 nitrogen and oxygen atoms in total. The molecule has 0 aliphatic rings. The Bertz CT molecular complexity index is 1180. The number of nitrogens with one attached hydrogen (secondary N) is 1. The van der Waals surface area contributed by atoms with Crippen LogP contribution in [0.15, 0.2) is 89.7 Å². The Morgan fingerprint density at radius 3 is 2.00 bits per heavy atom. The number of carbonyl (C=O) groups excluding carboxylic acids is 1. The van der Waals surface area contributed by atoms with Crippen molar-refractivity contribution in [1.82, 2.24) is 15.1 Å². The van der Waals surface area contributed by atoms with Crippen LogP contribution in [0.25, 0.3) is 10.8 Å². The zero-order valence-electron chi connectivity index (χ0n) is 16.8. The lowest BCUT2D eigenvalue weighted by atomic mass is 9.88. The predicted octanol–water partition coefficient (Wildman–Crippen LogP) is 3.77. The minimum Gasteiger partial charge on any atom is -0.350 e. The van der Waals surface area contributed by atoms with Gasteiger partial charge in [0.25, 0.3) is 5.56 Å². The number of aryl methyl sites for hydroxylation is 1. The van der Waals surface area contributed by atoms with Crippen molar-refractivity contribution < 1.29 is 4.79 Å². The van der Waals surface area contributed by atoms with E-state index in [1.54, 1.807) is 13.1 Å². The fourth-order valence-electron chi connectivity index (χ4n) is 3.75. The third-order valence-electron chi connectivity index (χ3n) is 5.28. The van der Waals surface area contributed by atoms with Crippen molar-refractivity contribution in [2.45, 2.75) is 18.9 Å². The first-order valence-electron chi connectivity index (χ1n) is 9.95. The Balaban J connectivity index is 1.55. The highest BCUT2D eigenvalue weighted by molar-refractivity contribution is 5.84. The highest BCUT2D eigenvalue weighted by Crippen LogP contribution is 2.27. The monoisotopic (exact) mass is 397 g/mol. The summed E-state index contributed by atoms with van der Waals surface area (Å²) >= 11 is 0. The largest absolute Gasteiger partial charge is 0.350 e. The summed E-state index contributed by atoms with van der Waals surface area (Å²) in [7, 11) is 1.63. The quantitative estimate of drug-likeness (QED) is 0.539. The first-order valence-corrected chi connectivity index (χ1v) is 9.95. The lowest BCUT2D eigenvalue weighted by Gasteiger charge is -2.18. The van der Waals surface area contributed by atoms with Gasteiger partial charge in [-0.05, 0) is 17.2 Å². The Kier molecular flexibility index (Phi) is 5.70. The van der Waals surface area contributed by atoms with Gasteiger partial charge in [-0.1, -0.05) is 78.9 Å². The second kappa shape index (κ2) is 8.74. The number of rotatable bonds is 6. The maximum atomic E-state index is 12.9. The van der Waals surface area contributed by atoms with Gasteiger partial charge < -0.3 is 5.32 Å². The Hall–Kier alpha value is -3.73. The summed E-state index contributed by atoms with van der Waals surface area (Å²) in [5, 5.41) is 8.72. The lowest BCUT2D eigenvalue weighted by Crippen LogP contribution is -2.28. The number of fused-ring (bicyclic) bond motifs is 1. The van der Waals surface area contributed by atoms with Crippen molar-refractivity contribution in [3.8, 4) is 0 Å².